The lowest BCUT2D eigenvalue weighted by molar-refractivity contribution is -0.123. The number of hydrogen-bond donors (Lipinski definition) is 0. The number of rotatable bonds is 7. The molecule has 1 fully saturated rings. The minimum Gasteiger partial charge on any atom is -0.493 e. The number of halogens is 2. The molecule has 0 aliphatic carbocycles. The SMILES string of the molecule is COc1cc(/C=C2\SC(=O)N(Cc3ccccc3C)C2=O)cc(Br)c1OCc1ccc(F)cc1. The van der Waals surface area contributed by atoms with E-state index in [0.29, 0.717) is 26.4 Å². The van der Waals surface area contributed by atoms with Crippen LogP contribution in [0.25, 0.3) is 6.08 Å². The summed E-state index contributed by atoms with van der Waals surface area (Å²) in [7, 11) is 1.52. The van der Waals surface area contributed by atoms with Crippen molar-refractivity contribution in [1.82, 2.24) is 4.90 Å². The summed E-state index contributed by atoms with van der Waals surface area (Å²) in [6.45, 7) is 2.41. The van der Waals surface area contributed by atoms with E-state index in [4.69, 9.17) is 9.47 Å². The van der Waals surface area contributed by atoms with Gasteiger partial charge in [-0.15, -0.1) is 0 Å². The van der Waals surface area contributed by atoms with Gasteiger partial charge in [0.15, 0.2) is 11.5 Å². The summed E-state index contributed by atoms with van der Waals surface area (Å²) in [5.41, 5.74) is 3.44. The second-order valence-corrected chi connectivity index (χ2v) is 9.49. The zero-order valence-electron chi connectivity index (χ0n) is 18.5. The van der Waals surface area contributed by atoms with Gasteiger partial charge >= 0.3 is 0 Å². The smallest absolute Gasteiger partial charge is 0.293 e. The van der Waals surface area contributed by atoms with Crippen LogP contribution in [-0.2, 0) is 17.9 Å². The summed E-state index contributed by atoms with van der Waals surface area (Å²) >= 11 is 4.42. The molecule has 1 aliphatic rings. The zero-order chi connectivity index (χ0) is 24.2. The van der Waals surface area contributed by atoms with Crippen LogP contribution in [0.3, 0.4) is 0 Å². The van der Waals surface area contributed by atoms with E-state index in [9.17, 15) is 14.0 Å². The number of aryl methyl sites for hydroxylation is 1. The number of nitrogens with zero attached hydrogens (tertiary/aromatic N) is 1. The molecule has 2 amide bonds. The Morgan fingerprint density at radius 3 is 2.53 bits per heavy atom. The fraction of sp³-hybridized carbons (Fsp3) is 0.154. The maximum atomic E-state index is 13.1. The highest BCUT2D eigenvalue weighted by Gasteiger charge is 2.35. The molecule has 0 saturated carbocycles. The van der Waals surface area contributed by atoms with Crippen molar-refractivity contribution < 1.29 is 23.5 Å². The highest BCUT2D eigenvalue weighted by molar-refractivity contribution is 9.10. The number of carbonyl (C=O) groups is 2. The van der Waals surface area contributed by atoms with Crippen LogP contribution in [0, 0.1) is 12.7 Å². The Bertz CT molecular complexity index is 1280. The van der Waals surface area contributed by atoms with E-state index in [1.807, 2.05) is 31.2 Å². The minimum atomic E-state index is -0.329. The third-order valence-electron chi connectivity index (χ3n) is 5.31. The maximum Gasteiger partial charge on any atom is 0.293 e. The first-order valence-electron chi connectivity index (χ1n) is 10.4. The molecular weight excluding hydrogens is 521 g/mol. The quantitative estimate of drug-likeness (QED) is 0.310. The number of imide groups is 1. The van der Waals surface area contributed by atoms with Crippen LogP contribution in [-0.4, -0.2) is 23.2 Å². The molecule has 174 valence electrons. The van der Waals surface area contributed by atoms with Crippen LogP contribution < -0.4 is 9.47 Å². The Labute approximate surface area is 209 Å². The van der Waals surface area contributed by atoms with E-state index < -0.39 is 0 Å². The molecule has 0 bridgehead atoms. The van der Waals surface area contributed by atoms with E-state index in [0.717, 1.165) is 28.5 Å². The van der Waals surface area contributed by atoms with Gasteiger partial charge < -0.3 is 9.47 Å². The van der Waals surface area contributed by atoms with Crippen molar-refractivity contribution in [3.8, 4) is 11.5 Å². The van der Waals surface area contributed by atoms with Crippen LogP contribution in [0.2, 0.25) is 0 Å². The van der Waals surface area contributed by atoms with Gasteiger partial charge in [0, 0.05) is 0 Å². The molecule has 34 heavy (non-hydrogen) atoms. The molecule has 0 radical (unpaired) electrons. The molecule has 0 unspecified atom stereocenters. The molecule has 5 nitrogen and oxygen atoms in total. The predicted octanol–water partition coefficient (Wildman–Crippen LogP) is 6.72. The molecule has 1 aliphatic heterocycles. The molecule has 4 rings (SSSR count). The summed E-state index contributed by atoms with van der Waals surface area (Å²) in [6, 6.07) is 17.3. The third kappa shape index (κ3) is 5.34. The molecule has 0 aromatic heterocycles. The lowest BCUT2D eigenvalue weighted by Gasteiger charge is -2.14. The van der Waals surface area contributed by atoms with Gasteiger partial charge in [0.25, 0.3) is 11.1 Å². The standard InChI is InChI=1S/C26H21BrFNO4S/c1-16-5-3-4-6-19(16)14-29-25(30)23(34-26(29)31)13-18-11-21(27)24(22(12-18)32-2)33-15-17-7-9-20(28)10-8-17/h3-13H,14-15H2,1-2H3/b23-13-. The van der Waals surface area contributed by atoms with Gasteiger partial charge in [-0.1, -0.05) is 36.4 Å². The van der Waals surface area contributed by atoms with Crippen LogP contribution in [0.5, 0.6) is 11.5 Å². The average Bonchev–Trinajstić information content (AvgIpc) is 3.07. The van der Waals surface area contributed by atoms with Gasteiger partial charge in [0.05, 0.1) is 23.0 Å². The Kier molecular flexibility index (Phi) is 7.38. The molecule has 1 heterocycles. The third-order valence-corrected chi connectivity index (χ3v) is 6.81. The molecule has 8 heteroatoms. The number of thioether (sulfide) groups is 1. The van der Waals surface area contributed by atoms with E-state index in [1.165, 1.54) is 24.1 Å². The molecule has 0 N–H and O–H groups in total. The van der Waals surface area contributed by atoms with E-state index >= 15 is 0 Å². The molecular formula is C26H21BrFNO4S. The van der Waals surface area contributed by atoms with Crippen molar-refractivity contribution >= 4 is 44.9 Å². The molecule has 3 aromatic carbocycles. The van der Waals surface area contributed by atoms with Crippen molar-refractivity contribution in [2.45, 2.75) is 20.1 Å². The van der Waals surface area contributed by atoms with Crippen molar-refractivity contribution in [1.29, 1.82) is 0 Å². The largest absolute Gasteiger partial charge is 0.493 e. The van der Waals surface area contributed by atoms with Gasteiger partial charge in [-0.2, -0.15) is 0 Å². The second kappa shape index (κ2) is 10.4. The minimum absolute atomic E-state index is 0.229. The normalized spacial score (nSPS) is 14.7. The van der Waals surface area contributed by atoms with Crippen molar-refractivity contribution in [2.24, 2.45) is 0 Å². The lowest BCUT2D eigenvalue weighted by Crippen LogP contribution is -2.27. The van der Waals surface area contributed by atoms with Gasteiger partial charge in [-0.3, -0.25) is 14.5 Å². The summed E-state index contributed by atoms with van der Waals surface area (Å²) in [6.07, 6.45) is 1.67. The topological polar surface area (TPSA) is 55.8 Å². The van der Waals surface area contributed by atoms with Crippen LogP contribution >= 0.6 is 27.7 Å². The molecule has 1 saturated heterocycles. The summed E-state index contributed by atoms with van der Waals surface area (Å²) in [5.74, 6) is 0.304. The molecule has 0 spiro atoms. The maximum absolute atomic E-state index is 13.1. The zero-order valence-corrected chi connectivity index (χ0v) is 20.9. The number of carbonyl (C=O) groups excluding carboxylic acids is 2. The van der Waals surface area contributed by atoms with E-state index in [-0.39, 0.29) is 30.1 Å². The first-order chi connectivity index (χ1) is 16.4. The fourth-order valence-corrected chi connectivity index (χ4v) is 4.86. The summed E-state index contributed by atoms with van der Waals surface area (Å²) < 4.78 is 25.1. The number of benzene rings is 3. The van der Waals surface area contributed by atoms with Crippen LogP contribution in [0.15, 0.2) is 70.0 Å². The Hall–Kier alpha value is -3.10. The van der Waals surface area contributed by atoms with Crippen LogP contribution in [0.1, 0.15) is 22.3 Å². The van der Waals surface area contributed by atoms with E-state index in [1.54, 1.807) is 30.3 Å². The number of ether oxygens (including phenoxy) is 2. The number of hydrogen-bond acceptors (Lipinski definition) is 5. The van der Waals surface area contributed by atoms with Gasteiger partial charge in [-0.05, 0) is 87.2 Å². The summed E-state index contributed by atoms with van der Waals surface area (Å²) in [5, 5.41) is -0.301. The Morgan fingerprint density at radius 1 is 1.09 bits per heavy atom. The predicted molar refractivity (Wildman–Crippen MR) is 134 cm³/mol. The van der Waals surface area contributed by atoms with Gasteiger partial charge in [0.2, 0.25) is 0 Å². The monoisotopic (exact) mass is 541 g/mol. The molecule has 3 aromatic rings. The van der Waals surface area contributed by atoms with Crippen LogP contribution in [0.4, 0.5) is 9.18 Å². The average molecular weight is 542 g/mol. The summed E-state index contributed by atoms with van der Waals surface area (Å²) in [4.78, 5) is 27.1. The number of methoxy groups -OCH3 is 1. The first-order valence-corrected chi connectivity index (χ1v) is 12.0. The molecule has 0 atom stereocenters. The van der Waals surface area contributed by atoms with Gasteiger partial charge in [-0.25, -0.2) is 4.39 Å². The fourth-order valence-electron chi connectivity index (χ4n) is 3.44. The first kappa shape index (κ1) is 24.0. The van der Waals surface area contributed by atoms with E-state index in [2.05, 4.69) is 15.9 Å². The highest BCUT2D eigenvalue weighted by Crippen LogP contribution is 2.39. The Morgan fingerprint density at radius 2 is 1.82 bits per heavy atom. The number of amides is 2. The van der Waals surface area contributed by atoms with Gasteiger partial charge in [0.1, 0.15) is 12.4 Å². The van der Waals surface area contributed by atoms with Crippen molar-refractivity contribution in [2.75, 3.05) is 7.11 Å². The lowest BCUT2D eigenvalue weighted by atomic mass is 10.1. The van der Waals surface area contributed by atoms with Crippen molar-refractivity contribution in [3.63, 3.8) is 0 Å². The Balaban J connectivity index is 1.53. The highest BCUT2D eigenvalue weighted by atomic mass is 79.9. The van der Waals surface area contributed by atoms with Crippen molar-refractivity contribution in [3.05, 3.63) is 98.1 Å². The second-order valence-electron chi connectivity index (χ2n) is 7.64.